The van der Waals surface area contributed by atoms with Crippen molar-refractivity contribution in [3.63, 3.8) is 0 Å². The van der Waals surface area contributed by atoms with Crippen LogP contribution in [0.1, 0.15) is 73.1 Å². The fourth-order valence-electron chi connectivity index (χ4n) is 4.38. The molecular formula is C27H38O5. The predicted octanol–water partition coefficient (Wildman–Crippen LogP) is 6.29. The molecule has 1 aliphatic rings. The van der Waals surface area contributed by atoms with Crippen LogP contribution in [0.2, 0.25) is 0 Å². The van der Waals surface area contributed by atoms with Crippen LogP contribution >= 0.6 is 0 Å². The van der Waals surface area contributed by atoms with Crippen LogP contribution in [0, 0.1) is 17.3 Å². The lowest BCUT2D eigenvalue weighted by Gasteiger charge is -2.39. The van der Waals surface area contributed by atoms with Crippen molar-refractivity contribution in [1.29, 1.82) is 0 Å². The van der Waals surface area contributed by atoms with Gasteiger partial charge in [0.25, 0.3) is 0 Å². The number of hydrogen-bond acceptors (Lipinski definition) is 3. The van der Waals surface area contributed by atoms with E-state index in [1.807, 2.05) is 39.0 Å². The molecule has 176 valence electrons. The summed E-state index contributed by atoms with van der Waals surface area (Å²) in [6, 6.07) is 0. The van der Waals surface area contributed by atoms with E-state index >= 15 is 0 Å². The molecule has 1 aliphatic carbocycles. The first-order valence-corrected chi connectivity index (χ1v) is 11.3. The number of rotatable bonds is 12. The maximum absolute atomic E-state index is 12.0. The van der Waals surface area contributed by atoms with E-state index in [1.165, 1.54) is 11.6 Å². The van der Waals surface area contributed by atoms with E-state index in [4.69, 9.17) is 5.11 Å². The highest BCUT2D eigenvalue weighted by molar-refractivity contribution is 5.71. The lowest BCUT2D eigenvalue weighted by Crippen LogP contribution is -2.32. The van der Waals surface area contributed by atoms with Gasteiger partial charge in [-0.15, -0.1) is 0 Å². The van der Waals surface area contributed by atoms with Gasteiger partial charge in [-0.1, -0.05) is 61.8 Å². The molecule has 0 fully saturated rings. The number of carbonyl (C=O) groups excluding carboxylic acids is 1. The molecule has 32 heavy (non-hydrogen) atoms. The van der Waals surface area contributed by atoms with Gasteiger partial charge in [-0.05, 0) is 75.0 Å². The number of carbonyl (C=O) groups is 3. The molecule has 0 amide bonds. The zero-order chi connectivity index (χ0) is 24.3. The van der Waals surface area contributed by atoms with Crippen LogP contribution in [0.15, 0.2) is 58.7 Å². The van der Waals surface area contributed by atoms with Crippen LogP contribution in [0.25, 0.3) is 0 Å². The highest BCUT2D eigenvalue weighted by atomic mass is 16.4. The Morgan fingerprint density at radius 2 is 1.75 bits per heavy atom. The fraction of sp³-hybridized carbons (Fsp3) is 0.519. The van der Waals surface area contributed by atoms with Crippen molar-refractivity contribution < 1.29 is 24.6 Å². The van der Waals surface area contributed by atoms with E-state index in [0.717, 1.165) is 35.8 Å². The van der Waals surface area contributed by atoms with Crippen LogP contribution in [-0.4, -0.2) is 28.4 Å². The first kappa shape index (κ1) is 27.3. The highest BCUT2D eigenvalue weighted by Crippen LogP contribution is 2.46. The summed E-state index contributed by atoms with van der Waals surface area (Å²) in [6.45, 7) is 10.3. The summed E-state index contributed by atoms with van der Waals surface area (Å²) in [7, 11) is 0. The van der Waals surface area contributed by atoms with Crippen molar-refractivity contribution in [3.8, 4) is 0 Å². The fourth-order valence-corrected chi connectivity index (χ4v) is 4.38. The minimum absolute atomic E-state index is 0.0367. The highest BCUT2D eigenvalue weighted by Gasteiger charge is 2.37. The molecule has 2 unspecified atom stereocenters. The SMILES string of the molecule is CC(C=CC=C(C)C=CC1=C(C)C(C(CCCCC(=O)O)C(=O)O)CCC1(C)C)=CC=O. The molecule has 2 atom stereocenters. The van der Waals surface area contributed by atoms with Crippen LogP contribution < -0.4 is 0 Å². The van der Waals surface area contributed by atoms with Crippen LogP contribution in [0.3, 0.4) is 0 Å². The second-order valence-electron chi connectivity index (χ2n) is 9.36. The molecule has 0 bridgehead atoms. The van der Waals surface area contributed by atoms with Crippen LogP contribution in [0.5, 0.6) is 0 Å². The van der Waals surface area contributed by atoms with Gasteiger partial charge in [-0.25, -0.2) is 0 Å². The van der Waals surface area contributed by atoms with E-state index in [-0.39, 0.29) is 17.8 Å². The molecule has 0 aliphatic heterocycles. The second kappa shape index (κ2) is 13.0. The van der Waals surface area contributed by atoms with Gasteiger partial charge >= 0.3 is 11.9 Å². The predicted molar refractivity (Wildman–Crippen MR) is 128 cm³/mol. The standard InChI is InChI=1S/C27H38O5/c1-19(9-8-10-20(2)16-18-28)13-14-24-21(3)22(15-17-27(24,4)5)23(26(31)32)11-6-7-12-25(29)30/h8-10,13-14,16,18,22-23H,6-7,11-12,15,17H2,1-5H3,(H,29,30)(H,31,32). The van der Waals surface area contributed by atoms with Crippen molar-refractivity contribution >= 4 is 18.2 Å². The topological polar surface area (TPSA) is 91.7 Å². The monoisotopic (exact) mass is 442 g/mol. The van der Waals surface area contributed by atoms with E-state index in [1.54, 1.807) is 0 Å². The van der Waals surface area contributed by atoms with Crippen molar-refractivity contribution in [1.82, 2.24) is 0 Å². The molecule has 2 N–H and O–H groups in total. The normalized spacial score (nSPS) is 20.7. The first-order valence-electron chi connectivity index (χ1n) is 11.3. The summed E-state index contributed by atoms with van der Waals surface area (Å²) in [5.74, 6) is -2.17. The molecule has 5 heteroatoms. The number of aliphatic carboxylic acids is 2. The van der Waals surface area contributed by atoms with Gasteiger partial charge in [-0.2, -0.15) is 0 Å². The average Bonchev–Trinajstić information content (AvgIpc) is 2.68. The van der Waals surface area contributed by atoms with Gasteiger partial charge in [0, 0.05) is 6.42 Å². The largest absolute Gasteiger partial charge is 0.481 e. The summed E-state index contributed by atoms with van der Waals surface area (Å²) in [5, 5.41) is 18.7. The maximum Gasteiger partial charge on any atom is 0.307 e. The second-order valence-corrected chi connectivity index (χ2v) is 9.36. The van der Waals surface area contributed by atoms with Crippen molar-refractivity contribution in [2.75, 3.05) is 0 Å². The summed E-state index contributed by atoms with van der Waals surface area (Å²) in [5.41, 5.74) is 4.20. The minimum atomic E-state index is -0.840. The Hall–Kier alpha value is -2.69. The molecule has 0 heterocycles. The first-order chi connectivity index (χ1) is 15.0. The molecule has 0 radical (unpaired) electrons. The number of aldehydes is 1. The van der Waals surface area contributed by atoms with Gasteiger partial charge < -0.3 is 10.2 Å². The van der Waals surface area contributed by atoms with Gasteiger partial charge in [0.2, 0.25) is 0 Å². The van der Waals surface area contributed by atoms with E-state index in [0.29, 0.717) is 19.3 Å². The summed E-state index contributed by atoms with van der Waals surface area (Å²) >= 11 is 0. The van der Waals surface area contributed by atoms with E-state index in [2.05, 4.69) is 26.0 Å². The summed E-state index contributed by atoms with van der Waals surface area (Å²) in [6.07, 6.45) is 15.6. The third-order valence-corrected chi connectivity index (χ3v) is 6.31. The van der Waals surface area contributed by atoms with Crippen molar-refractivity contribution in [2.45, 2.75) is 73.1 Å². The Labute approximate surface area is 192 Å². The molecule has 0 saturated carbocycles. The third kappa shape index (κ3) is 8.81. The van der Waals surface area contributed by atoms with Gasteiger partial charge in [0.15, 0.2) is 0 Å². The minimum Gasteiger partial charge on any atom is -0.481 e. The smallest absolute Gasteiger partial charge is 0.307 e. The average molecular weight is 443 g/mol. The summed E-state index contributed by atoms with van der Waals surface area (Å²) in [4.78, 5) is 33.3. The van der Waals surface area contributed by atoms with Gasteiger partial charge in [0.05, 0.1) is 5.92 Å². The molecule has 1 rings (SSSR count). The zero-order valence-electron chi connectivity index (χ0n) is 20.1. The Kier molecular flexibility index (Phi) is 11.1. The quantitative estimate of drug-likeness (QED) is 0.160. The number of hydrogen-bond donors (Lipinski definition) is 2. The van der Waals surface area contributed by atoms with E-state index < -0.39 is 17.9 Å². The molecule has 0 aromatic heterocycles. The molecule has 0 saturated heterocycles. The van der Waals surface area contributed by atoms with Crippen molar-refractivity contribution in [2.24, 2.45) is 17.3 Å². The molecule has 5 nitrogen and oxygen atoms in total. The Bertz CT molecular complexity index is 836. The van der Waals surface area contributed by atoms with Gasteiger partial charge in [-0.3, -0.25) is 14.4 Å². The van der Waals surface area contributed by atoms with Crippen LogP contribution in [-0.2, 0) is 14.4 Å². The maximum atomic E-state index is 12.0. The zero-order valence-corrected chi connectivity index (χ0v) is 20.1. The Balaban J connectivity index is 3.07. The molecule has 0 aromatic carbocycles. The lowest BCUT2D eigenvalue weighted by molar-refractivity contribution is -0.143. The lowest BCUT2D eigenvalue weighted by atomic mass is 9.65. The number of carboxylic acid groups (broad SMARTS) is 2. The Morgan fingerprint density at radius 1 is 1.09 bits per heavy atom. The van der Waals surface area contributed by atoms with E-state index in [9.17, 15) is 19.5 Å². The Morgan fingerprint density at radius 3 is 2.34 bits per heavy atom. The third-order valence-electron chi connectivity index (χ3n) is 6.31. The molecule has 0 spiro atoms. The van der Waals surface area contributed by atoms with Crippen LogP contribution in [0.4, 0.5) is 0 Å². The summed E-state index contributed by atoms with van der Waals surface area (Å²) < 4.78 is 0. The molecular weight excluding hydrogens is 404 g/mol. The van der Waals surface area contributed by atoms with Gasteiger partial charge in [0.1, 0.15) is 6.29 Å². The number of allylic oxidation sites excluding steroid dienone is 10. The number of carboxylic acids is 2. The van der Waals surface area contributed by atoms with Crippen molar-refractivity contribution in [3.05, 3.63) is 58.7 Å². The molecule has 0 aromatic rings. The number of unbranched alkanes of at least 4 members (excludes halogenated alkanes) is 1.